The van der Waals surface area contributed by atoms with Gasteiger partial charge in [0.2, 0.25) is 0 Å². The lowest BCUT2D eigenvalue weighted by atomic mass is 10.2. The Labute approximate surface area is 116 Å². The summed E-state index contributed by atoms with van der Waals surface area (Å²) in [4.78, 5) is 14.8. The van der Waals surface area contributed by atoms with E-state index in [9.17, 15) is 10.1 Å². The van der Waals surface area contributed by atoms with Gasteiger partial charge in [-0.25, -0.2) is 4.98 Å². The topological polar surface area (TPSA) is 80.1 Å². The molecule has 0 aromatic carbocycles. The third kappa shape index (κ3) is 3.28. The average Bonchev–Trinajstić information content (AvgIpc) is 2.85. The third-order valence-electron chi connectivity index (χ3n) is 3.37. The summed E-state index contributed by atoms with van der Waals surface area (Å²) in [5.41, 5.74) is 0.0561. The third-order valence-corrected chi connectivity index (χ3v) is 4.54. The molecule has 0 bridgehead atoms. The molecule has 1 aliphatic carbocycles. The molecule has 0 amide bonds. The maximum absolute atomic E-state index is 10.9. The van der Waals surface area contributed by atoms with Crippen molar-refractivity contribution in [2.45, 2.75) is 30.6 Å². The first-order valence-corrected chi connectivity index (χ1v) is 7.56. The molecule has 2 rings (SSSR count). The summed E-state index contributed by atoms with van der Waals surface area (Å²) in [5, 5.41) is 17.6. The highest BCUT2D eigenvalue weighted by molar-refractivity contribution is 7.99. The fraction of sp³-hybridized carbons (Fsp3) is 0.583. The molecule has 0 saturated heterocycles. The molecule has 0 spiro atoms. The molecule has 19 heavy (non-hydrogen) atoms. The first kappa shape index (κ1) is 13.9. The van der Waals surface area contributed by atoms with Gasteiger partial charge in [0, 0.05) is 18.3 Å². The van der Waals surface area contributed by atoms with E-state index < -0.39 is 4.92 Å². The summed E-state index contributed by atoms with van der Waals surface area (Å²) in [5.74, 6) is 1.08. The zero-order valence-electron chi connectivity index (χ0n) is 11.0. The van der Waals surface area contributed by atoms with Gasteiger partial charge in [-0.05, 0) is 19.1 Å². The van der Waals surface area contributed by atoms with Crippen LogP contribution < -0.4 is 10.6 Å². The number of rotatable bonds is 5. The molecule has 104 valence electrons. The molecule has 1 saturated carbocycles. The molecular formula is C12H18N4O2S. The molecule has 1 aromatic heterocycles. The van der Waals surface area contributed by atoms with Crippen molar-refractivity contribution in [1.82, 2.24) is 4.98 Å². The van der Waals surface area contributed by atoms with Crippen LogP contribution in [0.5, 0.6) is 0 Å². The van der Waals surface area contributed by atoms with Crippen LogP contribution in [0, 0.1) is 10.1 Å². The Kier molecular flexibility index (Phi) is 4.47. The second-order valence-electron chi connectivity index (χ2n) is 4.56. The quantitative estimate of drug-likeness (QED) is 0.638. The van der Waals surface area contributed by atoms with Crippen LogP contribution in [0.1, 0.15) is 19.3 Å². The van der Waals surface area contributed by atoms with E-state index in [-0.39, 0.29) is 5.69 Å². The smallest absolute Gasteiger partial charge is 0.276 e. The van der Waals surface area contributed by atoms with Crippen LogP contribution in [-0.4, -0.2) is 34.5 Å². The van der Waals surface area contributed by atoms with Gasteiger partial charge in [0.1, 0.15) is 11.6 Å². The summed E-state index contributed by atoms with van der Waals surface area (Å²) in [7, 11) is 1.70. The Bertz CT molecular complexity index is 469. The van der Waals surface area contributed by atoms with Crippen molar-refractivity contribution in [3.8, 4) is 0 Å². The van der Waals surface area contributed by atoms with E-state index in [0.717, 1.165) is 6.42 Å². The number of hydrogen-bond acceptors (Lipinski definition) is 6. The van der Waals surface area contributed by atoms with Gasteiger partial charge in [-0.2, -0.15) is 11.8 Å². The predicted molar refractivity (Wildman–Crippen MR) is 79.0 cm³/mol. The zero-order chi connectivity index (χ0) is 13.8. The average molecular weight is 282 g/mol. The number of nitrogens with zero attached hydrogens (tertiary/aromatic N) is 2. The van der Waals surface area contributed by atoms with Gasteiger partial charge in [-0.3, -0.25) is 10.1 Å². The van der Waals surface area contributed by atoms with Gasteiger partial charge in [0.15, 0.2) is 0 Å². The molecule has 1 fully saturated rings. The SMILES string of the molecule is CNc1cc([N+](=O)[O-])cc(NC2CCCC2SC)n1. The van der Waals surface area contributed by atoms with Crippen LogP contribution in [0.15, 0.2) is 12.1 Å². The minimum absolute atomic E-state index is 0.0561. The first-order valence-electron chi connectivity index (χ1n) is 6.27. The molecule has 2 N–H and O–H groups in total. The van der Waals surface area contributed by atoms with Crippen molar-refractivity contribution in [1.29, 1.82) is 0 Å². The number of nitro groups is 1. The zero-order valence-corrected chi connectivity index (χ0v) is 11.9. The van der Waals surface area contributed by atoms with Gasteiger partial charge in [0.05, 0.1) is 17.1 Å². The van der Waals surface area contributed by atoms with Crippen LogP contribution in [0.25, 0.3) is 0 Å². The maximum Gasteiger partial charge on any atom is 0.276 e. The lowest BCUT2D eigenvalue weighted by Gasteiger charge is -2.19. The van der Waals surface area contributed by atoms with E-state index in [2.05, 4.69) is 21.9 Å². The van der Waals surface area contributed by atoms with Crippen molar-refractivity contribution in [3.63, 3.8) is 0 Å². The number of thioether (sulfide) groups is 1. The van der Waals surface area contributed by atoms with Gasteiger partial charge < -0.3 is 10.6 Å². The van der Waals surface area contributed by atoms with E-state index in [4.69, 9.17) is 0 Å². The van der Waals surface area contributed by atoms with Crippen molar-refractivity contribution in [2.24, 2.45) is 0 Å². The number of nitrogens with one attached hydrogen (secondary N) is 2. The molecule has 0 aliphatic heterocycles. The highest BCUT2D eigenvalue weighted by Crippen LogP contribution is 2.31. The van der Waals surface area contributed by atoms with E-state index in [1.807, 2.05) is 11.8 Å². The minimum atomic E-state index is -0.394. The largest absolute Gasteiger partial charge is 0.373 e. The standard InChI is InChI=1S/C12H18N4O2S/c1-13-11-6-8(16(17)18)7-12(15-11)14-9-4-3-5-10(9)19-2/h6-7,9-10H,3-5H2,1-2H3,(H2,13,14,15). The molecule has 1 aromatic rings. The summed E-state index contributed by atoms with van der Waals surface area (Å²) in [6, 6.07) is 3.27. The molecule has 0 radical (unpaired) electrons. The Morgan fingerprint density at radius 2 is 2.16 bits per heavy atom. The van der Waals surface area contributed by atoms with Crippen LogP contribution >= 0.6 is 11.8 Å². The summed E-state index contributed by atoms with van der Waals surface area (Å²) in [6.45, 7) is 0. The summed E-state index contributed by atoms with van der Waals surface area (Å²) >= 11 is 1.84. The fourth-order valence-electron chi connectivity index (χ4n) is 2.39. The van der Waals surface area contributed by atoms with Crippen molar-refractivity contribution in [2.75, 3.05) is 23.9 Å². The Morgan fingerprint density at radius 1 is 1.42 bits per heavy atom. The monoisotopic (exact) mass is 282 g/mol. The van der Waals surface area contributed by atoms with Crippen LogP contribution in [0.4, 0.5) is 17.3 Å². The number of anilines is 2. The van der Waals surface area contributed by atoms with Gasteiger partial charge in [-0.15, -0.1) is 0 Å². The Morgan fingerprint density at radius 3 is 2.79 bits per heavy atom. The van der Waals surface area contributed by atoms with E-state index in [1.54, 1.807) is 7.05 Å². The summed E-state index contributed by atoms with van der Waals surface area (Å²) < 4.78 is 0. The van der Waals surface area contributed by atoms with Gasteiger partial charge in [0.25, 0.3) is 5.69 Å². The maximum atomic E-state index is 10.9. The molecule has 6 nitrogen and oxygen atoms in total. The van der Waals surface area contributed by atoms with Gasteiger partial charge >= 0.3 is 0 Å². The predicted octanol–water partition coefficient (Wildman–Crippen LogP) is 2.73. The second kappa shape index (κ2) is 6.10. The number of aromatic nitrogens is 1. The van der Waals surface area contributed by atoms with Crippen molar-refractivity contribution in [3.05, 3.63) is 22.2 Å². The van der Waals surface area contributed by atoms with Crippen LogP contribution in [0.2, 0.25) is 0 Å². The van der Waals surface area contributed by atoms with E-state index in [0.29, 0.717) is 22.9 Å². The molecule has 1 aliphatic rings. The Balaban J connectivity index is 2.19. The van der Waals surface area contributed by atoms with Crippen molar-refractivity contribution >= 4 is 29.1 Å². The molecule has 1 heterocycles. The minimum Gasteiger partial charge on any atom is -0.373 e. The van der Waals surface area contributed by atoms with Crippen molar-refractivity contribution < 1.29 is 4.92 Å². The Hall–Kier alpha value is -1.50. The lowest BCUT2D eigenvalue weighted by molar-refractivity contribution is -0.384. The second-order valence-corrected chi connectivity index (χ2v) is 5.64. The number of pyridine rings is 1. The van der Waals surface area contributed by atoms with Crippen LogP contribution in [-0.2, 0) is 0 Å². The van der Waals surface area contributed by atoms with Gasteiger partial charge in [-0.1, -0.05) is 6.42 Å². The fourth-order valence-corrected chi connectivity index (χ4v) is 3.32. The summed E-state index contributed by atoms with van der Waals surface area (Å²) in [6.07, 6.45) is 5.57. The normalized spacial score (nSPS) is 22.2. The molecule has 2 unspecified atom stereocenters. The molecule has 7 heteroatoms. The molecular weight excluding hydrogens is 264 g/mol. The van der Waals surface area contributed by atoms with Crippen LogP contribution in [0.3, 0.4) is 0 Å². The van der Waals surface area contributed by atoms with E-state index >= 15 is 0 Å². The van der Waals surface area contributed by atoms with E-state index in [1.165, 1.54) is 25.0 Å². The highest BCUT2D eigenvalue weighted by atomic mass is 32.2. The lowest BCUT2D eigenvalue weighted by Crippen LogP contribution is -2.26. The molecule has 2 atom stereocenters. The number of hydrogen-bond donors (Lipinski definition) is 2. The first-order chi connectivity index (χ1) is 9.13. The highest BCUT2D eigenvalue weighted by Gasteiger charge is 2.27.